The van der Waals surface area contributed by atoms with Gasteiger partial charge >= 0.3 is 5.97 Å². The Bertz CT molecular complexity index is 366. The van der Waals surface area contributed by atoms with Gasteiger partial charge in [-0.2, -0.15) is 0 Å². The summed E-state index contributed by atoms with van der Waals surface area (Å²) < 4.78 is 4.75. The van der Waals surface area contributed by atoms with E-state index in [4.69, 9.17) is 4.74 Å². The van der Waals surface area contributed by atoms with E-state index in [9.17, 15) is 9.59 Å². The summed E-state index contributed by atoms with van der Waals surface area (Å²) in [6.45, 7) is 4.53. The van der Waals surface area contributed by atoms with Gasteiger partial charge < -0.3 is 9.64 Å². The zero-order valence-corrected chi connectivity index (χ0v) is 11.0. The molecule has 0 aromatic heterocycles. The largest absolute Gasteiger partial charge is 0.468 e. The van der Waals surface area contributed by atoms with Crippen LogP contribution >= 0.6 is 0 Å². The molecule has 0 aromatic carbocycles. The molecule has 4 nitrogen and oxygen atoms in total. The first-order chi connectivity index (χ1) is 8.64. The molecule has 0 bridgehead atoms. The zero-order valence-electron chi connectivity index (χ0n) is 11.0. The van der Waals surface area contributed by atoms with Crippen molar-refractivity contribution in [1.29, 1.82) is 0 Å². The topological polar surface area (TPSA) is 46.6 Å². The second-order valence-corrected chi connectivity index (χ2v) is 5.28. The molecule has 0 spiro atoms. The Balaban J connectivity index is 2.22. The van der Waals surface area contributed by atoms with Crippen molar-refractivity contribution in [3.05, 3.63) is 12.7 Å². The third-order valence-electron chi connectivity index (χ3n) is 4.29. The van der Waals surface area contributed by atoms with Gasteiger partial charge in [0.2, 0.25) is 5.91 Å². The molecule has 0 aliphatic carbocycles. The smallest absolute Gasteiger partial charge is 0.318 e. The first kappa shape index (κ1) is 13.1. The quantitative estimate of drug-likeness (QED) is 0.435. The van der Waals surface area contributed by atoms with Crippen LogP contribution in [0.1, 0.15) is 38.5 Å². The van der Waals surface area contributed by atoms with E-state index in [2.05, 4.69) is 6.58 Å². The fourth-order valence-electron chi connectivity index (χ4n) is 3.37. The van der Waals surface area contributed by atoms with Crippen LogP contribution in [0.15, 0.2) is 12.7 Å². The molecule has 2 atom stereocenters. The number of ether oxygens (including phenoxy) is 1. The molecule has 2 rings (SSSR count). The summed E-state index contributed by atoms with van der Waals surface area (Å²) in [5.41, 5.74) is -0.123. The Kier molecular flexibility index (Phi) is 3.73. The number of amides is 1. The molecule has 2 saturated heterocycles. The lowest BCUT2D eigenvalue weighted by Gasteiger charge is -2.42. The molecule has 2 fully saturated rings. The number of piperidine rings is 1. The van der Waals surface area contributed by atoms with Gasteiger partial charge in [0.15, 0.2) is 0 Å². The molecule has 0 radical (unpaired) electrons. The molecule has 0 N–H and O–H groups in total. The van der Waals surface area contributed by atoms with Crippen molar-refractivity contribution in [3.63, 3.8) is 0 Å². The van der Waals surface area contributed by atoms with Crippen molar-refractivity contribution in [2.75, 3.05) is 13.7 Å². The molecule has 4 heteroatoms. The van der Waals surface area contributed by atoms with Gasteiger partial charge in [0.1, 0.15) is 5.92 Å². The summed E-state index contributed by atoms with van der Waals surface area (Å²) in [5, 5.41) is 0. The number of rotatable bonds is 4. The summed E-state index contributed by atoms with van der Waals surface area (Å²) in [4.78, 5) is 25.9. The Morgan fingerprint density at radius 1 is 1.61 bits per heavy atom. The van der Waals surface area contributed by atoms with Gasteiger partial charge in [0.25, 0.3) is 0 Å². The highest BCUT2D eigenvalue weighted by Crippen LogP contribution is 2.44. The van der Waals surface area contributed by atoms with Gasteiger partial charge in [-0.3, -0.25) is 9.59 Å². The van der Waals surface area contributed by atoms with Gasteiger partial charge in [0, 0.05) is 12.1 Å². The number of carbonyl (C=O) groups is 2. The number of nitrogens with zero attached hydrogens (tertiary/aromatic N) is 1. The van der Waals surface area contributed by atoms with Gasteiger partial charge in [-0.25, -0.2) is 0 Å². The number of hydrogen-bond donors (Lipinski definition) is 0. The summed E-state index contributed by atoms with van der Waals surface area (Å²) in [6.07, 6.45) is 7.47. The van der Waals surface area contributed by atoms with Crippen LogP contribution < -0.4 is 0 Å². The Labute approximate surface area is 108 Å². The van der Waals surface area contributed by atoms with Crippen LogP contribution in [0.4, 0.5) is 0 Å². The van der Waals surface area contributed by atoms with Gasteiger partial charge in [0.05, 0.1) is 7.11 Å². The predicted molar refractivity (Wildman–Crippen MR) is 67.8 cm³/mol. The van der Waals surface area contributed by atoms with Crippen LogP contribution in [-0.2, 0) is 14.3 Å². The minimum absolute atomic E-state index is 0.0365. The van der Waals surface area contributed by atoms with E-state index in [0.29, 0.717) is 6.42 Å². The number of carbonyl (C=O) groups excluding carboxylic acids is 2. The standard InChI is InChI=1S/C14H21NO3/c1-3-4-7-14-8-5-6-9-15(14)12(16)11(10-14)13(17)18-2/h3,11H,1,4-10H2,2H3. The number of esters is 1. The second-order valence-electron chi connectivity index (χ2n) is 5.28. The van der Waals surface area contributed by atoms with Crippen LogP contribution in [0, 0.1) is 5.92 Å². The highest BCUT2D eigenvalue weighted by Gasteiger charge is 2.53. The fraction of sp³-hybridized carbons (Fsp3) is 0.714. The summed E-state index contributed by atoms with van der Waals surface area (Å²) in [6, 6.07) is 0. The Morgan fingerprint density at radius 3 is 3.06 bits per heavy atom. The minimum Gasteiger partial charge on any atom is -0.468 e. The monoisotopic (exact) mass is 251 g/mol. The Morgan fingerprint density at radius 2 is 2.39 bits per heavy atom. The average Bonchev–Trinajstić information content (AvgIpc) is 2.70. The van der Waals surface area contributed by atoms with Crippen LogP contribution in [0.3, 0.4) is 0 Å². The molecule has 18 heavy (non-hydrogen) atoms. The predicted octanol–water partition coefficient (Wildman–Crippen LogP) is 1.90. The molecule has 0 aromatic rings. The van der Waals surface area contributed by atoms with Crippen molar-refractivity contribution in [1.82, 2.24) is 4.90 Å². The van der Waals surface area contributed by atoms with Crippen molar-refractivity contribution >= 4 is 11.9 Å². The molecule has 0 saturated carbocycles. The fourth-order valence-corrected chi connectivity index (χ4v) is 3.37. The normalized spacial score (nSPS) is 31.1. The van der Waals surface area contributed by atoms with E-state index in [0.717, 1.165) is 38.6 Å². The van der Waals surface area contributed by atoms with Crippen LogP contribution in [-0.4, -0.2) is 36.0 Å². The first-order valence-corrected chi connectivity index (χ1v) is 6.65. The van der Waals surface area contributed by atoms with Crippen molar-refractivity contribution in [3.8, 4) is 0 Å². The first-order valence-electron chi connectivity index (χ1n) is 6.65. The highest BCUT2D eigenvalue weighted by molar-refractivity contribution is 6.00. The zero-order chi connectivity index (χ0) is 13.2. The second kappa shape index (κ2) is 5.12. The lowest BCUT2D eigenvalue weighted by molar-refractivity contribution is -0.150. The number of hydrogen-bond acceptors (Lipinski definition) is 3. The van der Waals surface area contributed by atoms with Crippen molar-refractivity contribution < 1.29 is 14.3 Å². The molecule has 2 aliphatic rings. The third-order valence-corrected chi connectivity index (χ3v) is 4.29. The van der Waals surface area contributed by atoms with Crippen LogP contribution in [0.25, 0.3) is 0 Å². The van der Waals surface area contributed by atoms with E-state index in [1.54, 1.807) is 0 Å². The molecular weight excluding hydrogens is 230 g/mol. The third kappa shape index (κ3) is 2.04. The van der Waals surface area contributed by atoms with Crippen molar-refractivity contribution in [2.24, 2.45) is 5.92 Å². The summed E-state index contributed by atoms with van der Waals surface area (Å²) in [5.74, 6) is -1.00. The van der Waals surface area contributed by atoms with E-state index in [1.807, 2.05) is 11.0 Å². The minimum atomic E-state index is -0.585. The highest BCUT2D eigenvalue weighted by atomic mass is 16.5. The number of fused-ring (bicyclic) bond motifs is 1. The molecular formula is C14H21NO3. The van der Waals surface area contributed by atoms with Crippen LogP contribution in [0.2, 0.25) is 0 Å². The van der Waals surface area contributed by atoms with Crippen molar-refractivity contribution in [2.45, 2.75) is 44.1 Å². The molecule has 100 valence electrons. The number of methoxy groups -OCH3 is 1. The Hall–Kier alpha value is -1.32. The van der Waals surface area contributed by atoms with Gasteiger partial charge in [-0.05, 0) is 38.5 Å². The summed E-state index contributed by atoms with van der Waals surface area (Å²) >= 11 is 0. The van der Waals surface area contributed by atoms with E-state index in [-0.39, 0.29) is 17.4 Å². The van der Waals surface area contributed by atoms with Gasteiger partial charge in [-0.1, -0.05) is 6.08 Å². The summed E-state index contributed by atoms with van der Waals surface area (Å²) in [7, 11) is 1.35. The maximum atomic E-state index is 12.3. The van der Waals surface area contributed by atoms with E-state index < -0.39 is 5.92 Å². The van der Waals surface area contributed by atoms with E-state index >= 15 is 0 Å². The van der Waals surface area contributed by atoms with Crippen LogP contribution in [0.5, 0.6) is 0 Å². The lowest BCUT2D eigenvalue weighted by Crippen LogP contribution is -2.49. The molecule has 2 unspecified atom stereocenters. The SMILES string of the molecule is C=CCCC12CCCCN1C(=O)C(C(=O)OC)C2. The van der Waals surface area contributed by atoms with E-state index in [1.165, 1.54) is 7.11 Å². The molecule has 2 aliphatic heterocycles. The molecule has 1 amide bonds. The average molecular weight is 251 g/mol. The maximum absolute atomic E-state index is 12.3. The lowest BCUT2D eigenvalue weighted by atomic mass is 9.81. The molecule has 2 heterocycles. The number of allylic oxidation sites excluding steroid dienone is 1. The maximum Gasteiger partial charge on any atom is 0.318 e. The van der Waals surface area contributed by atoms with Gasteiger partial charge in [-0.15, -0.1) is 6.58 Å².